The Hall–Kier alpha value is -2.88. The highest BCUT2D eigenvalue weighted by Crippen LogP contribution is 2.17. The molecule has 7 nitrogen and oxygen atoms in total. The zero-order chi connectivity index (χ0) is 17.7. The van der Waals surface area contributed by atoms with Gasteiger partial charge in [-0.25, -0.2) is 0 Å². The molecule has 1 aliphatic heterocycles. The Morgan fingerprint density at radius 2 is 1.75 bits per heavy atom. The van der Waals surface area contributed by atoms with Crippen molar-refractivity contribution >= 4 is 23.4 Å². The molecule has 24 heavy (non-hydrogen) atoms. The molecule has 1 aromatic carbocycles. The van der Waals surface area contributed by atoms with Gasteiger partial charge >= 0.3 is 0 Å². The van der Waals surface area contributed by atoms with E-state index in [4.69, 9.17) is 5.26 Å². The zero-order valence-electron chi connectivity index (χ0n) is 13.9. The fraction of sp³-hybridized carbons (Fsp3) is 0.412. The van der Waals surface area contributed by atoms with Gasteiger partial charge in [-0.2, -0.15) is 5.26 Å². The average Bonchev–Trinajstić information content (AvgIpc) is 2.59. The molecule has 7 heteroatoms. The number of carbonyl (C=O) groups is 3. The van der Waals surface area contributed by atoms with Crippen LogP contribution in [-0.2, 0) is 14.4 Å². The van der Waals surface area contributed by atoms with Crippen LogP contribution in [0.25, 0.3) is 0 Å². The molecule has 0 aliphatic carbocycles. The van der Waals surface area contributed by atoms with Gasteiger partial charge in [0.25, 0.3) is 0 Å². The Morgan fingerprint density at radius 3 is 2.29 bits per heavy atom. The number of amides is 3. The Balaban J connectivity index is 2.06. The second-order valence-electron chi connectivity index (χ2n) is 5.65. The van der Waals surface area contributed by atoms with Crippen LogP contribution < -0.4 is 4.90 Å². The molecule has 1 aliphatic rings. The van der Waals surface area contributed by atoms with Crippen molar-refractivity contribution in [3.63, 3.8) is 0 Å². The minimum Gasteiger partial charge on any atom is -0.339 e. The van der Waals surface area contributed by atoms with Crippen molar-refractivity contribution in [2.75, 3.05) is 37.6 Å². The van der Waals surface area contributed by atoms with Crippen LogP contribution in [0, 0.1) is 11.3 Å². The van der Waals surface area contributed by atoms with Crippen LogP contribution in [0.4, 0.5) is 5.69 Å². The van der Waals surface area contributed by atoms with Crippen molar-refractivity contribution < 1.29 is 14.4 Å². The van der Waals surface area contributed by atoms with Gasteiger partial charge in [-0.15, -0.1) is 0 Å². The summed E-state index contributed by atoms with van der Waals surface area (Å²) < 4.78 is 0. The van der Waals surface area contributed by atoms with E-state index in [1.807, 2.05) is 6.07 Å². The normalized spacial score (nSPS) is 14.0. The van der Waals surface area contributed by atoms with Crippen LogP contribution in [0.1, 0.15) is 19.4 Å². The third-order valence-corrected chi connectivity index (χ3v) is 4.04. The fourth-order valence-electron chi connectivity index (χ4n) is 2.63. The van der Waals surface area contributed by atoms with Crippen molar-refractivity contribution in [3.05, 3.63) is 29.8 Å². The molecule has 0 aromatic heterocycles. The number of anilines is 1. The number of rotatable bonds is 3. The largest absolute Gasteiger partial charge is 0.339 e. The van der Waals surface area contributed by atoms with Gasteiger partial charge in [-0.05, 0) is 18.2 Å². The van der Waals surface area contributed by atoms with Gasteiger partial charge in [0.05, 0.1) is 11.6 Å². The molecule has 3 amide bonds. The first kappa shape index (κ1) is 17.5. The van der Waals surface area contributed by atoms with Crippen molar-refractivity contribution in [2.24, 2.45) is 0 Å². The maximum absolute atomic E-state index is 12.5. The van der Waals surface area contributed by atoms with E-state index in [1.165, 1.54) is 18.7 Å². The number of carbonyl (C=O) groups excluding carboxylic acids is 3. The van der Waals surface area contributed by atoms with Gasteiger partial charge in [-0.3, -0.25) is 14.4 Å². The number of nitriles is 1. The average molecular weight is 328 g/mol. The molecular formula is C17H20N4O3. The van der Waals surface area contributed by atoms with E-state index in [0.29, 0.717) is 37.4 Å². The van der Waals surface area contributed by atoms with Gasteiger partial charge in [0.15, 0.2) is 0 Å². The summed E-state index contributed by atoms with van der Waals surface area (Å²) in [4.78, 5) is 40.5. The topological polar surface area (TPSA) is 84.7 Å². The second-order valence-corrected chi connectivity index (χ2v) is 5.65. The Morgan fingerprint density at radius 1 is 1.12 bits per heavy atom. The number of piperazine rings is 1. The lowest BCUT2D eigenvalue weighted by Gasteiger charge is -2.35. The Bertz CT molecular complexity index is 687. The zero-order valence-corrected chi connectivity index (χ0v) is 13.9. The summed E-state index contributed by atoms with van der Waals surface area (Å²) in [5, 5.41) is 8.98. The molecule has 0 radical (unpaired) electrons. The predicted octanol–water partition coefficient (Wildman–Crippen LogP) is 0.602. The minimum atomic E-state index is -0.263. The van der Waals surface area contributed by atoms with Crippen LogP contribution in [0.3, 0.4) is 0 Å². The number of hydrogen-bond donors (Lipinski definition) is 0. The van der Waals surface area contributed by atoms with E-state index in [0.717, 1.165) is 0 Å². The monoisotopic (exact) mass is 328 g/mol. The van der Waals surface area contributed by atoms with Crippen molar-refractivity contribution in [1.82, 2.24) is 9.80 Å². The standard InChI is InChI=1S/C17H20N4O3/c1-13(22)19-6-8-20(9-7-19)17(24)12-21(14(2)23)16-5-3-4-15(10-16)11-18/h3-5,10H,6-9,12H2,1-2H3. The van der Waals surface area contributed by atoms with Crippen LogP contribution >= 0.6 is 0 Å². The van der Waals surface area contributed by atoms with Gasteiger partial charge in [0, 0.05) is 45.7 Å². The summed E-state index contributed by atoms with van der Waals surface area (Å²) in [5.41, 5.74) is 0.957. The molecule has 1 saturated heterocycles. The number of benzene rings is 1. The van der Waals surface area contributed by atoms with Crippen LogP contribution in [0.2, 0.25) is 0 Å². The quantitative estimate of drug-likeness (QED) is 0.813. The minimum absolute atomic E-state index is 0.000722. The smallest absolute Gasteiger partial charge is 0.242 e. The molecule has 0 atom stereocenters. The lowest BCUT2D eigenvalue weighted by atomic mass is 10.2. The Kier molecular flexibility index (Phi) is 5.53. The molecular weight excluding hydrogens is 308 g/mol. The molecule has 0 saturated carbocycles. The third-order valence-electron chi connectivity index (χ3n) is 4.04. The lowest BCUT2D eigenvalue weighted by Crippen LogP contribution is -2.52. The molecule has 0 N–H and O–H groups in total. The molecule has 1 fully saturated rings. The Labute approximate surface area is 141 Å². The maximum Gasteiger partial charge on any atom is 0.242 e. The highest BCUT2D eigenvalue weighted by molar-refractivity contribution is 5.97. The summed E-state index contributed by atoms with van der Waals surface area (Å²) in [6.45, 7) is 4.75. The van der Waals surface area contributed by atoms with Crippen LogP contribution in [0.15, 0.2) is 24.3 Å². The van der Waals surface area contributed by atoms with Crippen LogP contribution in [-0.4, -0.2) is 60.2 Å². The van der Waals surface area contributed by atoms with Crippen molar-refractivity contribution in [1.29, 1.82) is 5.26 Å². The first-order valence-electron chi connectivity index (χ1n) is 7.74. The van der Waals surface area contributed by atoms with E-state index >= 15 is 0 Å². The van der Waals surface area contributed by atoms with E-state index in [2.05, 4.69) is 0 Å². The highest BCUT2D eigenvalue weighted by atomic mass is 16.2. The molecule has 0 unspecified atom stereocenters. The first-order chi connectivity index (χ1) is 11.4. The van der Waals surface area contributed by atoms with Gasteiger partial charge < -0.3 is 14.7 Å². The number of nitrogens with zero attached hydrogens (tertiary/aromatic N) is 4. The van der Waals surface area contributed by atoms with E-state index in [9.17, 15) is 14.4 Å². The van der Waals surface area contributed by atoms with Crippen molar-refractivity contribution in [3.8, 4) is 6.07 Å². The van der Waals surface area contributed by atoms with Gasteiger partial charge in [0.1, 0.15) is 6.54 Å². The predicted molar refractivity (Wildman–Crippen MR) is 88.0 cm³/mol. The lowest BCUT2D eigenvalue weighted by molar-refractivity contribution is -0.137. The molecule has 1 heterocycles. The summed E-state index contributed by atoms with van der Waals surface area (Å²) in [6.07, 6.45) is 0. The maximum atomic E-state index is 12.5. The summed E-state index contributed by atoms with van der Waals surface area (Å²) >= 11 is 0. The number of hydrogen-bond acceptors (Lipinski definition) is 4. The molecule has 2 rings (SSSR count). The van der Waals surface area contributed by atoms with Crippen molar-refractivity contribution in [2.45, 2.75) is 13.8 Å². The van der Waals surface area contributed by atoms with E-state index in [1.54, 1.807) is 34.1 Å². The SMILES string of the molecule is CC(=O)N1CCN(C(=O)CN(C(C)=O)c2cccc(C#N)c2)CC1. The second kappa shape index (κ2) is 7.59. The summed E-state index contributed by atoms with van der Waals surface area (Å²) in [5.74, 6) is -0.433. The van der Waals surface area contributed by atoms with Gasteiger partial charge in [0.2, 0.25) is 17.7 Å². The molecule has 1 aromatic rings. The van der Waals surface area contributed by atoms with E-state index in [-0.39, 0.29) is 24.3 Å². The highest BCUT2D eigenvalue weighted by Gasteiger charge is 2.25. The summed E-state index contributed by atoms with van der Waals surface area (Å²) in [7, 11) is 0. The van der Waals surface area contributed by atoms with Gasteiger partial charge in [-0.1, -0.05) is 6.07 Å². The summed E-state index contributed by atoms with van der Waals surface area (Å²) in [6, 6.07) is 8.63. The van der Waals surface area contributed by atoms with Crippen LogP contribution in [0.5, 0.6) is 0 Å². The first-order valence-corrected chi connectivity index (χ1v) is 7.74. The third kappa shape index (κ3) is 4.10. The molecule has 0 bridgehead atoms. The molecule has 126 valence electrons. The molecule has 0 spiro atoms. The van der Waals surface area contributed by atoms with E-state index < -0.39 is 0 Å². The fourth-order valence-corrected chi connectivity index (χ4v) is 2.63.